The van der Waals surface area contributed by atoms with E-state index in [9.17, 15) is 14.4 Å². The molecule has 0 aromatic rings. The van der Waals surface area contributed by atoms with Crippen LogP contribution >= 0.6 is 0 Å². The third-order valence-corrected chi connectivity index (χ3v) is 2.20. The number of nitrogens with zero attached hydrogens (tertiary/aromatic N) is 1. The van der Waals surface area contributed by atoms with Crippen molar-refractivity contribution in [2.45, 2.75) is 72.6 Å². The summed E-state index contributed by atoms with van der Waals surface area (Å²) in [7, 11) is 0. The zero-order chi connectivity index (χ0) is 17.7. The van der Waals surface area contributed by atoms with Crippen LogP contribution in [-0.4, -0.2) is 46.9 Å². The lowest BCUT2D eigenvalue weighted by Crippen LogP contribution is -2.51. The van der Waals surface area contributed by atoms with Crippen LogP contribution in [-0.2, 0) is 19.0 Å². The van der Waals surface area contributed by atoms with Gasteiger partial charge in [-0.25, -0.2) is 14.4 Å². The minimum atomic E-state index is -1.15. The van der Waals surface area contributed by atoms with Gasteiger partial charge < -0.3 is 14.2 Å². The minimum absolute atomic E-state index is 0.139. The Morgan fingerprint density at radius 2 is 1.27 bits per heavy atom. The molecule has 128 valence electrons. The van der Waals surface area contributed by atoms with Crippen molar-refractivity contribution in [2.24, 2.45) is 0 Å². The predicted molar refractivity (Wildman–Crippen MR) is 80.4 cm³/mol. The van der Waals surface area contributed by atoms with Crippen molar-refractivity contribution in [3.63, 3.8) is 0 Å². The number of hydrogen-bond acceptors (Lipinski definition) is 6. The van der Waals surface area contributed by atoms with Crippen molar-refractivity contribution >= 4 is 18.2 Å². The zero-order valence-corrected chi connectivity index (χ0v) is 14.7. The number of imide groups is 1. The Balaban J connectivity index is 5.35. The molecule has 1 unspecified atom stereocenters. The summed E-state index contributed by atoms with van der Waals surface area (Å²) in [4.78, 5) is 36.9. The lowest BCUT2D eigenvalue weighted by molar-refractivity contribution is -0.148. The maximum atomic E-state index is 12.2. The molecule has 0 spiro atoms. The maximum absolute atomic E-state index is 12.2. The van der Waals surface area contributed by atoms with E-state index in [1.165, 1.54) is 6.92 Å². The molecule has 7 heteroatoms. The van der Waals surface area contributed by atoms with Gasteiger partial charge in [0.05, 0.1) is 6.61 Å². The van der Waals surface area contributed by atoms with Crippen molar-refractivity contribution in [3.05, 3.63) is 0 Å². The van der Waals surface area contributed by atoms with Gasteiger partial charge in [0, 0.05) is 0 Å². The van der Waals surface area contributed by atoms with Crippen LogP contribution in [0.5, 0.6) is 0 Å². The van der Waals surface area contributed by atoms with Crippen LogP contribution in [0, 0.1) is 0 Å². The number of carbonyl (C=O) groups is 3. The standard InChI is InChI=1S/C15H27NO6/c1-9-20-11(17)10(2)16(12(18)21-14(3,4)5)13(19)22-15(6,7)8/h10H,9H2,1-8H3. The second kappa shape index (κ2) is 7.47. The van der Waals surface area contributed by atoms with Gasteiger partial charge in [-0.15, -0.1) is 0 Å². The predicted octanol–water partition coefficient (Wildman–Crippen LogP) is 3.11. The molecule has 0 aromatic carbocycles. The Kier molecular flexibility index (Phi) is 6.86. The molecule has 0 aliphatic carbocycles. The van der Waals surface area contributed by atoms with Crippen LogP contribution < -0.4 is 0 Å². The van der Waals surface area contributed by atoms with Gasteiger partial charge in [0.15, 0.2) is 0 Å². The maximum Gasteiger partial charge on any atom is 0.420 e. The van der Waals surface area contributed by atoms with Crippen LogP contribution in [0.15, 0.2) is 0 Å². The minimum Gasteiger partial charge on any atom is -0.464 e. The normalized spacial score (nSPS) is 13.1. The van der Waals surface area contributed by atoms with E-state index >= 15 is 0 Å². The molecule has 0 bridgehead atoms. The topological polar surface area (TPSA) is 82.1 Å². The van der Waals surface area contributed by atoms with Crippen LogP contribution in [0.1, 0.15) is 55.4 Å². The Morgan fingerprint density at radius 1 is 0.909 bits per heavy atom. The van der Waals surface area contributed by atoms with Gasteiger partial charge >= 0.3 is 18.2 Å². The summed E-state index contributed by atoms with van der Waals surface area (Å²) in [6.45, 7) is 13.1. The Labute approximate surface area is 131 Å². The molecule has 0 radical (unpaired) electrons. The fraction of sp³-hybridized carbons (Fsp3) is 0.800. The molecule has 0 aliphatic rings. The van der Waals surface area contributed by atoms with Crippen molar-refractivity contribution in [3.8, 4) is 0 Å². The number of esters is 1. The molecule has 7 nitrogen and oxygen atoms in total. The van der Waals surface area contributed by atoms with Crippen molar-refractivity contribution in [2.75, 3.05) is 6.61 Å². The molecular formula is C15H27NO6. The molecule has 1 atom stereocenters. The van der Waals surface area contributed by atoms with Crippen molar-refractivity contribution in [1.82, 2.24) is 4.90 Å². The summed E-state index contributed by atoms with van der Waals surface area (Å²) in [6, 6.07) is -1.15. The highest BCUT2D eigenvalue weighted by Gasteiger charge is 2.38. The Hall–Kier alpha value is -1.79. The molecule has 0 saturated heterocycles. The number of ether oxygens (including phenoxy) is 3. The number of amides is 2. The van der Waals surface area contributed by atoms with E-state index in [1.54, 1.807) is 48.5 Å². The lowest BCUT2D eigenvalue weighted by atomic mass is 10.2. The van der Waals surface area contributed by atoms with Crippen molar-refractivity contribution in [1.29, 1.82) is 0 Å². The lowest BCUT2D eigenvalue weighted by Gasteiger charge is -2.30. The molecule has 0 fully saturated rings. The summed E-state index contributed by atoms with van der Waals surface area (Å²) < 4.78 is 15.2. The highest BCUT2D eigenvalue weighted by Crippen LogP contribution is 2.17. The van der Waals surface area contributed by atoms with Gasteiger partial charge in [0.2, 0.25) is 0 Å². The molecule has 0 heterocycles. The first kappa shape index (κ1) is 20.2. The molecular weight excluding hydrogens is 290 g/mol. The van der Waals surface area contributed by atoms with Gasteiger partial charge in [-0.05, 0) is 55.4 Å². The fourth-order valence-corrected chi connectivity index (χ4v) is 1.38. The summed E-state index contributed by atoms with van der Waals surface area (Å²) in [5.41, 5.74) is -1.63. The van der Waals surface area contributed by atoms with E-state index in [-0.39, 0.29) is 6.61 Å². The van der Waals surface area contributed by atoms with E-state index in [4.69, 9.17) is 14.2 Å². The molecule has 0 aromatic heterocycles. The summed E-state index contributed by atoms with van der Waals surface area (Å²) in [6.07, 6.45) is -1.91. The SMILES string of the molecule is CCOC(=O)C(C)N(C(=O)OC(C)(C)C)C(=O)OC(C)(C)C. The molecule has 0 rings (SSSR count). The highest BCUT2D eigenvalue weighted by atomic mass is 16.6. The molecule has 22 heavy (non-hydrogen) atoms. The van der Waals surface area contributed by atoms with Crippen LogP contribution in [0.3, 0.4) is 0 Å². The van der Waals surface area contributed by atoms with Crippen molar-refractivity contribution < 1.29 is 28.6 Å². The fourth-order valence-electron chi connectivity index (χ4n) is 1.38. The average Bonchev–Trinajstić information content (AvgIpc) is 2.23. The average molecular weight is 317 g/mol. The van der Waals surface area contributed by atoms with Gasteiger partial charge in [-0.3, -0.25) is 0 Å². The summed E-state index contributed by atoms with van der Waals surface area (Å²) in [5, 5.41) is 0. The third kappa shape index (κ3) is 7.28. The molecule has 0 aliphatic heterocycles. The van der Waals surface area contributed by atoms with E-state index in [0.717, 1.165) is 0 Å². The smallest absolute Gasteiger partial charge is 0.420 e. The van der Waals surface area contributed by atoms with E-state index in [2.05, 4.69) is 0 Å². The quantitative estimate of drug-likeness (QED) is 0.587. The Morgan fingerprint density at radius 3 is 1.55 bits per heavy atom. The molecule has 0 N–H and O–H groups in total. The van der Waals surface area contributed by atoms with Gasteiger partial charge in [0.25, 0.3) is 0 Å². The summed E-state index contributed by atoms with van der Waals surface area (Å²) in [5.74, 6) is -0.709. The zero-order valence-electron chi connectivity index (χ0n) is 14.7. The summed E-state index contributed by atoms with van der Waals surface area (Å²) >= 11 is 0. The molecule has 0 saturated carbocycles. The Bertz CT molecular complexity index is 391. The first-order valence-corrected chi connectivity index (χ1v) is 7.20. The number of rotatable bonds is 3. The van der Waals surface area contributed by atoms with Crippen LogP contribution in [0.2, 0.25) is 0 Å². The first-order chi connectivity index (χ1) is 9.78. The largest absolute Gasteiger partial charge is 0.464 e. The van der Waals surface area contributed by atoms with E-state index < -0.39 is 35.4 Å². The number of carbonyl (C=O) groups excluding carboxylic acids is 3. The van der Waals surface area contributed by atoms with Gasteiger partial charge in [-0.2, -0.15) is 4.90 Å². The van der Waals surface area contributed by atoms with Crippen LogP contribution in [0.25, 0.3) is 0 Å². The highest BCUT2D eigenvalue weighted by molar-refractivity contribution is 5.93. The van der Waals surface area contributed by atoms with E-state index in [0.29, 0.717) is 4.90 Å². The second-order valence-electron chi connectivity index (χ2n) is 6.76. The first-order valence-electron chi connectivity index (χ1n) is 7.20. The van der Waals surface area contributed by atoms with Gasteiger partial charge in [0.1, 0.15) is 17.2 Å². The van der Waals surface area contributed by atoms with Crippen LogP contribution in [0.4, 0.5) is 9.59 Å². The monoisotopic (exact) mass is 317 g/mol. The number of hydrogen-bond donors (Lipinski definition) is 0. The second-order valence-corrected chi connectivity index (χ2v) is 6.76. The van der Waals surface area contributed by atoms with Gasteiger partial charge in [-0.1, -0.05) is 0 Å². The third-order valence-electron chi connectivity index (χ3n) is 2.20. The molecule has 2 amide bonds. The van der Waals surface area contributed by atoms with E-state index in [1.807, 2.05) is 0 Å².